The second-order valence-corrected chi connectivity index (χ2v) is 6.84. The molecule has 1 saturated heterocycles. The Kier molecular flexibility index (Phi) is 3.60. The van der Waals surface area contributed by atoms with Gasteiger partial charge in [-0.15, -0.1) is 0 Å². The molecule has 1 fully saturated rings. The molecule has 2 aromatic rings. The summed E-state index contributed by atoms with van der Waals surface area (Å²) in [6, 6.07) is 2.62. The summed E-state index contributed by atoms with van der Waals surface area (Å²) in [5.74, 6) is 0. The summed E-state index contributed by atoms with van der Waals surface area (Å²) in [6.45, 7) is 1.24. The van der Waals surface area contributed by atoms with E-state index >= 15 is 0 Å². The fourth-order valence-electron chi connectivity index (χ4n) is 2.34. The molecule has 0 bridgehead atoms. The van der Waals surface area contributed by atoms with Crippen LogP contribution < -0.4 is 5.56 Å². The predicted octanol–water partition coefficient (Wildman–Crippen LogP) is -0.201. The molecular weight excluding hydrogens is 294 g/mol. The molecule has 9 heteroatoms. The summed E-state index contributed by atoms with van der Waals surface area (Å²) in [5.41, 5.74) is 0.284. The van der Waals surface area contributed by atoms with Gasteiger partial charge in [-0.3, -0.25) is 4.79 Å². The van der Waals surface area contributed by atoms with Gasteiger partial charge in [0, 0.05) is 25.4 Å². The SMILES string of the molecule is O=c1ccc(S(=O)(=O)N2CCCC2)cn1Cc1cn[nH]n1. The molecule has 1 N–H and O–H groups in total. The standard InChI is InChI=1S/C12H15N5O3S/c18-12-4-3-11(21(19,20)17-5-1-2-6-17)9-16(12)8-10-7-13-15-14-10/h3-4,7,9H,1-2,5-6,8H2,(H,13,14,15). The van der Waals surface area contributed by atoms with Crippen molar-refractivity contribution in [1.82, 2.24) is 24.3 Å². The maximum atomic E-state index is 12.5. The number of sulfonamides is 1. The van der Waals surface area contributed by atoms with Gasteiger partial charge < -0.3 is 4.57 Å². The average molecular weight is 309 g/mol. The lowest BCUT2D eigenvalue weighted by atomic mass is 10.4. The predicted molar refractivity (Wildman–Crippen MR) is 74.2 cm³/mol. The highest BCUT2D eigenvalue weighted by Crippen LogP contribution is 2.19. The molecular formula is C12H15N5O3S. The molecule has 0 saturated carbocycles. The van der Waals surface area contributed by atoms with Crippen molar-refractivity contribution in [1.29, 1.82) is 0 Å². The topological polar surface area (TPSA) is 101 Å². The smallest absolute Gasteiger partial charge is 0.250 e. The lowest BCUT2D eigenvalue weighted by Crippen LogP contribution is -2.29. The fourth-order valence-corrected chi connectivity index (χ4v) is 3.88. The lowest BCUT2D eigenvalue weighted by molar-refractivity contribution is 0.476. The first-order chi connectivity index (χ1) is 10.1. The highest BCUT2D eigenvalue weighted by atomic mass is 32.2. The van der Waals surface area contributed by atoms with Gasteiger partial charge in [-0.05, 0) is 18.9 Å². The van der Waals surface area contributed by atoms with E-state index in [0.717, 1.165) is 12.8 Å². The normalized spacial score (nSPS) is 16.4. The maximum Gasteiger partial charge on any atom is 0.250 e. The highest BCUT2D eigenvalue weighted by Gasteiger charge is 2.27. The van der Waals surface area contributed by atoms with Crippen molar-refractivity contribution in [3.63, 3.8) is 0 Å². The molecule has 0 amide bonds. The third-order valence-corrected chi connectivity index (χ3v) is 5.34. The Morgan fingerprint density at radius 3 is 2.67 bits per heavy atom. The number of nitrogens with one attached hydrogen (secondary N) is 1. The number of hydrogen-bond donors (Lipinski definition) is 1. The zero-order valence-electron chi connectivity index (χ0n) is 11.3. The zero-order chi connectivity index (χ0) is 14.9. The number of rotatable bonds is 4. The molecule has 0 atom stereocenters. The van der Waals surface area contributed by atoms with Crippen molar-refractivity contribution < 1.29 is 8.42 Å². The summed E-state index contributed by atoms with van der Waals surface area (Å²) in [6.07, 6.45) is 4.61. The Labute approximate surface area is 121 Å². The number of pyridine rings is 1. The molecule has 21 heavy (non-hydrogen) atoms. The number of nitrogens with zero attached hydrogens (tertiary/aromatic N) is 4. The van der Waals surface area contributed by atoms with Gasteiger partial charge in [-0.1, -0.05) is 0 Å². The molecule has 0 aliphatic carbocycles. The largest absolute Gasteiger partial charge is 0.308 e. The van der Waals surface area contributed by atoms with E-state index in [1.54, 1.807) is 0 Å². The van der Waals surface area contributed by atoms with Crippen molar-refractivity contribution in [3.05, 3.63) is 40.6 Å². The summed E-state index contributed by atoms with van der Waals surface area (Å²) in [7, 11) is -3.53. The van der Waals surface area contributed by atoms with Gasteiger partial charge in [0.05, 0.1) is 17.6 Å². The van der Waals surface area contributed by atoms with Crippen LogP contribution in [0.2, 0.25) is 0 Å². The van der Waals surface area contributed by atoms with Gasteiger partial charge in [0.15, 0.2) is 0 Å². The number of H-pyrrole nitrogens is 1. The second-order valence-electron chi connectivity index (χ2n) is 4.90. The van der Waals surface area contributed by atoms with Crippen LogP contribution >= 0.6 is 0 Å². The Balaban J connectivity index is 1.95. The molecule has 0 radical (unpaired) electrons. The molecule has 2 aromatic heterocycles. The third kappa shape index (κ3) is 2.74. The summed E-state index contributed by atoms with van der Waals surface area (Å²) in [4.78, 5) is 12.0. The van der Waals surface area contributed by atoms with Crippen LogP contribution in [0.25, 0.3) is 0 Å². The van der Waals surface area contributed by atoms with E-state index in [9.17, 15) is 13.2 Å². The van der Waals surface area contributed by atoms with E-state index in [0.29, 0.717) is 18.8 Å². The van der Waals surface area contributed by atoms with Crippen molar-refractivity contribution in [2.24, 2.45) is 0 Å². The van der Waals surface area contributed by atoms with Gasteiger partial charge in [-0.2, -0.15) is 19.7 Å². The fraction of sp³-hybridized carbons (Fsp3) is 0.417. The second kappa shape index (κ2) is 5.41. The molecule has 112 valence electrons. The Morgan fingerprint density at radius 2 is 2.00 bits per heavy atom. The number of aromatic nitrogens is 4. The first-order valence-electron chi connectivity index (χ1n) is 6.63. The molecule has 0 unspecified atom stereocenters. The molecule has 8 nitrogen and oxygen atoms in total. The first-order valence-corrected chi connectivity index (χ1v) is 8.07. The third-order valence-electron chi connectivity index (χ3n) is 3.46. The molecule has 0 aromatic carbocycles. The van der Waals surface area contributed by atoms with E-state index in [1.165, 1.54) is 33.4 Å². The molecule has 3 rings (SSSR count). The van der Waals surface area contributed by atoms with E-state index in [4.69, 9.17) is 0 Å². The number of aromatic amines is 1. The average Bonchev–Trinajstić information content (AvgIpc) is 3.13. The summed E-state index contributed by atoms with van der Waals surface area (Å²) >= 11 is 0. The quantitative estimate of drug-likeness (QED) is 0.843. The van der Waals surface area contributed by atoms with Crippen molar-refractivity contribution in [2.75, 3.05) is 13.1 Å². The van der Waals surface area contributed by atoms with E-state index in [-0.39, 0.29) is 17.0 Å². The van der Waals surface area contributed by atoms with Gasteiger partial charge in [0.1, 0.15) is 5.69 Å². The maximum absolute atomic E-state index is 12.5. The molecule has 3 heterocycles. The molecule has 1 aliphatic heterocycles. The van der Waals surface area contributed by atoms with Crippen LogP contribution in [0.3, 0.4) is 0 Å². The van der Waals surface area contributed by atoms with Crippen LogP contribution in [0.1, 0.15) is 18.5 Å². The van der Waals surface area contributed by atoms with Gasteiger partial charge in [0.25, 0.3) is 5.56 Å². The molecule has 0 spiro atoms. The monoisotopic (exact) mass is 309 g/mol. The van der Waals surface area contributed by atoms with E-state index in [1.807, 2.05) is 0 Å². The summed E-state index contributed by atoms with van der Waals surface area (Å²) in [5, 5.41) is 9.99. The lowest BCUT2D eigenvalue weighted by Gasteiger charge is -2.16. The van der Waals surface area contributed by atoms with Crippen molar-refractivity contribution >= 4 is 10.0 Å². The van der Waals surface area contributed by atoms with Crippen LogP contribution in [0.5, 0.6) is 0 Å². The van der Waals surface area contributed by atoms with E-state index < -0.39 is 10.0 Å². The van der Waals surface area contributed by atoms with Crippen LogP contribution in [0, 0.1) is 0 Å². The van der Waals surface area contributed by atoms with Crippen LogP contribution in [0.4, 0.5) is 0 Å². The molecule has 1 aliphatic rings. The van der Waals surface area contributed by atoms with Crippen molar-refractivity contribution in [2.45, 2.75) is 24.3 Å². The van der Waals surface area contributed by atoms with Crippen LogP contribution in [-0.2, 0) is 16.6 Å². The van der Waals surface area contributed by atoms with Gasteiger partial charge in [0.2, 0.25) is 10.0 Å². The highest BCUT2D eigenvalue weighted by molar-refractivity contribution is 7.89. The van der Waals surface area contributed by atoms with Crippen LogP contribution in [-0.4, -0.2) is 45.8 Å². The zero-order valence-corrected chi connectivity index (χ0v) is 12.1. The Hall–Kier alpha value is -2.00. The Bertz CT molecular complexity index is 775. The minimum atomic E-state index is -3.53. The first kappa shape index (κ1) is 14.0. The summed E-state index contributed by atoms with van der Waals surface area (Å²) < 4.78 is 27.7. The van der Waals surface area contributed by atoms with Gasteiger partial charge >= 0.3 is 0 Å². The van der Waals surface area contributed by atoms with Crippen molar-refractivity contribution in [3.8, 4) is 0 Å². The Morgan fingerprint density at radius 1 is 1.24 bits per heavy atom. The van der Waals surface area contributed by atoms with Crippen LogP contribution in [0.15, 0.2) is 34.2 Å². The minimum absolute atomic E-state index is 0.132. The minimum Gasteiger partial charge on any atom is -0.308 e. The van der Waals surface area contributed by atoms with Gasteiger partial charge in [-0.25, -0.2) is 8.42 Å². The van der Waals surface area contributed by atoms with E-state index in [2.05, 4.69) is 15.4 Å². The number of hydrogen-bond acceptors (Lipinski definition) is 5.